The number of rotatable bonds is 5. The molecule has 0 unspecified atom stereocenters. The highest BCUT2D eigenvalue weighted by Gasteiger charge is 2.31. The number of piperazine rings is 1. The van der Waals surface area contributed by atoms with Crippen molar-refractivity contribution in [2.24, 2.45) is 7.05 Å². The van der Waals surface area contributed by atoms with Gasteiger partial charge in [0.05, 0.1) is 29.7 Å². The van der Waals surface area contributed by atoms with E-state index in [1.54, 1.807) is 0 Å². The Morgan fingerprint density at radius 1 is 1.19 bits per heavy atom. The van der Waals surface area contributed by atoms with Crippen LogP contribution in [-0.2, 0) is 24.6 Å². The maximum absolute atomic E-state index is 12.8. The van der Waals surface area contributed by atoms with Crippen molar-refractivity contribution < 1.29 is 18.0 Å². The minimum Gasteiger partial charge on any atom is -0.348 e. The average Bonchev–Trinajstić information content (AvgIpc) is 3.08. The summed E-state index contributed by atoms with van der Waals surface area (Å²) in [6.45, 7) is 2.39. The second-order valence-electron chi connectivity index (χ2n) is 7.66. The lowest BCUT2D eigenvalue weighted by Crippen LogP contribution is -2.49. The summed E-state index contributed by atoms with van der Waals surface area (Å²) >= 11 is 0. The van der Waals surface area contributed by atoms with Gasteiger partial charge in [-0.15, -0.1) is 0 Å². The third kappa shape index (κ3) is 4.72. The molecule has 1 aliphatic rings. The Kier molecular flexibility index (Phi) is 5.97. The lowest BCUT2D eigenvalue weighted by atomic mass is 10.0. The van der Waals surface area contributed by atoms with E-state index in [1.807, 2.05) is 40.8 Å². The number of amides is 1. The first-order chi connectivity index (χ1) is 14.8. The van der Waals surface area contributed by atoms with Crippen LogP contribution in [0.3, 0.4) is 0 Å². The van der Waals surface area contributed by atoms with Crippen LogP contribution in [-0.4, -0.2) is 46.5 Å². The van der Waals surface area contributed by atoms with E-state index in [9.17, 15) is 18.0 Å². The van der Waals surface area contributed by atoms with E-state index in [0.717, 1.165) is 41.1 Å². The van der Waals surface area contributed by atoms with Crippen LogP contribution in [0.5, 0.6) is 0 Å². The van der Waals surface area contributed by atoms with Crippen LogP contribution in [0.15, 0.2) is 48.5 Å². The number of fused-ring (bicyclic) bond motifs is 1. The lowest BCUT2D eigenvalue weighted by molar-refractivity contribution is -0.137. The lowest BCUT2D eigenvalue weighted by Gasteiger charge is -2.36. The second-order valence-corrected chi connectivity index (χ2v) is 7.66. The van der Waals surface area contributed by atoms with Crippen molar-refractivity contribution in [3.05, 3.63) is 65.5 Å². The molecule has 1 aromatic heterocycles. The van der Waals surface area contributed by atoms with Gasteiger partial charge in [0.2, 0.25) is 5.91 Å². The summed E-state index contributed by atoms with van der Waals surface area (Å²) in [6.07, 6.45) is -4.36. The van der Waals surface area contributed by atoms with Crippen LogP contribution < -0.4 is 10.6 Å². The first-order valence-corrected chi connectivity index (χ1v) is 10.1. The molecule has 2 aromatic carbocycles. The van der Waals surface area contributed by atoms with Gasteiger partial charge in [0.15, 0.2) is 0 Å². The first kappa shape index (κ1) is 21.3. The van der Waals surface area contributed by atoms with Crippen molar-refractivity contribution in [2.45, 2.75) is 18.8 Å². The number of alkyl halides is 3. The van der Waals surface area contributed by atoms with Crippen molar-refractivity contribution in [1.82, 2.24) is 25.1 Å². The van der Waals surface area contributed by atoms with Crippen molar-refractivity contribution in [1.29, 1.82) is 0 Å². The van der Waals surface area contributed by atoms with Gasteiger partial charge >= 0.3 is 6.18 Å². The van der Waals surface area contributed by atoms with Gasteiger partial charge in [-0.05, 0) is 29.8 Å². The van der Waals surface area contributed by atoms with E-state index < -0.39 is 11.7 Å². The predicted molar refractivity (Wildman–Crippen MR) is 111 cm³/mol. The molecule has 1 fully saturated rings. The van der Waals surface area contributed by atoms with E-state index in [0.29, 0.717) is 19.6 Å². The Balaban J connectivity index is 1.40. The van der Waals surface area contributed by atoms with Gasteiger partial charge < -0.3 is 15.2 Å². The third-order valence-electron chi connectivity index (χ3n) is 5.65. The van der Waals surface area contributed by atoms with Crippen LogP contribution >= 0.6 is 0 Å². The number of hydrogen-bond donors (Lipinski definition) is 2. The fourth-order valence-electron chi connectivity index (χ4n) is 3.93. The highest BCUT2D eigenvalue weighted by molar-refractivity contribution is 5.78. The van der Waals surface area contributed by atoms with E-state index >= 15 is 0 Å². The summed E-state index contributed by atoms with van der Waals surface area (Å²) in [6, 6.07) is 12.8. The fourth-order valence-corrected chi connectivity index (χ4v) is 3.93. The molecule has 2 N–H and O–H groups in total. The number of nitrogens with one attached hydrogen (secondary N) is 2. The van der Waals surface area contributed by atoms with E-state index in [2.05, 4.69) is 15.6 Å². The molecule has 0 bridgehead atoms. The van der Waals surface area contributed by atoms with Crippen LogP contribution in [0, 0.1) is 0 Å². The summed E-state index contributed by atoms with van der Waals surface area (Å²) in [5.41, 5.74) is 1.95. The third-order valence-corrected chi connectivity index (χ3v) is 5.65. The van der Waals surface area contributed by atoms with Crippen LogP contribution in [0.4, 0.5) is 13.2 Å². The number of imidazole rings is 1. The summed E-state index contributed by atoms with van der Waals surface area (Å²) < 4.78 is 40.5. The number of aryl methyl sites for hydroxylation is 1. The zero-order chi connectivity index (χ0) is 22.0. The molecule has 1 amide bonds. The molecule has 9 heteroatoms. The van der Waals surface area contributed by atoms with E-state index in [1.165, 1.54) is 12.1 Å². The Morgan fingerprint density at radius 2 is 1.94 bits per heavy atom. The Hall–Kier alpha value is -2.91. The van der Waals surface area contributed by atoms with Gasteiger partial charge in [-0.25, -0.2) is 4.98 Å². The van der Waals surface area contributed by atoms with Gasteiger partial charge in [0.25, 0.3) is 0 Å². The first-order valence-electron chi connectivity index (χ1n) is 10.1. The Morgan fingerprint density at radius 3 is 2.65 bits per heavy atom. The Labute approximate surface area is 178 Å². The molecule has 2 heterocycles. The number of para-hydroxylation sites is 2. The number of nitrogens with zero attached hydrogens (tertiary/aromatic N) is 3. The molecule has 0 aliphatic carbocycles. The van der Waals surface area contributed by atoms with Crippen molar-refractivity contribution in [3.63, 3.8) is 0 Å². The van der Waals surface area contributed by atoms with Crippen LogP contribution in [0.25, 0.3) is 11.0 Å². The normalized spacial score (nSPS) is 17.7. The average molecular weight is 431 g/mol. The Bertz CT molecular complexity index is 1060. The molecule has 3 aromatic rings. The van der Waals surface area contributed by atoms with Crippen LogP contribution in [0.2, 0.25) is 0 Å². The minimum atomic E-state index is -4.36. The van der Waals surface area contributed by atoms with Gasteiger partial charge in [0.1, 0.15) is 5.82 Å². The van der Waals surface area contributed by atoms with E-state index in [-0.39, 0.29) is 18.5 Å². The number of carbonyl (C=O) groups is 1. The monoisotopic (exact) mass is 431 g/mol. The number of hydrogen-bond acceptors (Lipinski definition) is 4. The zero-order valence-corrected chi connectivity index (χ0v) is 17.1. The van der Waals surface area contributed by atoms with Crippen molar-refractivity contribution in [2.75, 3.05) is 26.2 Å². The number of aromatic nitrogens is 2. The topological polar surface area (TPSA) is 62.2 Å². The van der Waals surface area contributed by atoms with Gasteiger partial charge in [-0.1, -0.05) is 24.3 Å². The van der Waals surface area contributed by atoms with Crippen molar-refractivity contribution in [3.8, 4) is 0 Å². The molecule has 1 atom stereocenters. The molecular weight excluding hydrogens is 407 g/mol. The molecule has 1 aliphatic heterocycles. The summed E-state index contributed by atoms with van der Waals surface area (Å²) in [5.74, 6) is 0.611. The van der Waals surface area contributed by atoms with E-state index in [4.69, 9.17) is 0 Å². The maximum atomic E-state index is 12.8. The summed E-state index contributed by atoms with van der Waals surface area (Å²) in [7, 11) is 1.91. The summed E-state index contributed by atoms with van der Waals surface area (Å²) in [5, 5.41) is 6.17. The number of carbonyl (C=O) groups excluding carboxylic acids is 1. The number of benzene rings is 2. The second kappa shape index (κ2) is 8.68. The quantitative estimate of drug-likeness (QED) is 0.652. The fraction of sp³-hybridized carbons (Fsp3) is 0.364. The molecule has 1 saturated heterocycles. The maximum Gasteiger partial charge on any atom is 0.416 e. The standard InChI is InChI=1S/C22H24F3N5O/c1-29-18-5-3-2-4-17(18)28-20(29)13-27-21(31)14-30-11-10-26-12-19(30)15-6-8-16(9-7-15)22(23,24)25/h2-9,19,26H,10-14H2,1H3,(H,27,31)/t19-/m1/s1. The molecular formula is C22H24F3N5O. The molecule has 0 saturated carbocycles. The largest absolute Gasteiger partial charge is 0.416 e. The summed E-state index contributed by atoms with van der Waals surface area (Å²) in [4.78, 5) is 19.2. The SMILES string of the molecule is Cn1c(CNC(=O)CN2CCNC[C@@H]2c2ccc(C(F)(F)F)cc2)nc2ccccc21. The highest BCUT2D eigenvalue weighted by Crippen LogP contribution is 2.31. The van der Waals surface area contributed by atoms with Gasteiger partial charge in [-0.3, -0.25) is 9.69 Å². The van der Waals surface area contributed by atoms with Crippen LogP contribution in [0.1, 0.15) is 23.0 Å². The highest BCUT2D eigenvalue weighted by atomic mass is 19.4. The zero-order valence-electron chi connectivity index (χ0n) is 17.1. The molecule has 0 radical (unpaired) electrons. The minimum absolute atomic E-state index is 0.147. The molecule has 4 rings (SSSR count). The predicted octanol–water partition coefficient (Wildman–Crippen LogP) is 2.85. The molecule has 31 heavy (non-hydrogen) atoms. The number of halogens is 3. The molecule has 164 valence electrons. The molecule has 6 nitrogen and oxygen atoms in total. The smallest absolute Gasteiger partial charge is 0.348 e. The van der Waals surface area contributed by atoms with Gasteiger partial charge in [0, 0.05) is 32.7 Å². The van der Waals surface area contributed by atoms with Crippen molar-refractivity contribution >= 4 is 16.9 Å². The van der Waals surface area contributed by atoms with Gasteiger partial charge in [-0.2, -0.15) is 13.2 Å². The molecule has 0 spiro atoms.